The highest BCUT2D eigenvalue weighted by molar-refractivity contribution is 9.10. The molecule has 118 valence electrons. The van der Waals surface area contributed by atoms with Crippen LogP contribution in [0.4, 0.5) is 0 Å². The van der Waals surface area contributed by atoms with Crippen molar-refractivity contribution in [1.29, 1.82) is 0 Å². The predicted octanol–water partition coefficient (Wildman–Crippen LogP) is 4.50. The van der Waals surface area contributed by atoms with E-state index in [1.807, 2.05) is 24.3 Å². The Bertz CT molecular complexity index is 486. The molecule has 2 nitrogen and oxygen atoms in total. The van der Waals surface area contributed by atoms with Gasteiger partial charge in [0, 0.05) is 15.4 Å². The second-order valence-corrected chi connectivity index (χ2v) is 9.34. The summed E-state index contributed by atoms with van der Waals surface area (Å²) in [5, 5.41) is 3.83. The zero-order valence-electron chi connectivity index (χ0n) is 13.2. The maximum Gasteiger partial charge on any atom is 0.0576 e. The lowest BCUT2D eigenvalue weighted by molar-refractivity contribution is 0.212. The fourth-order valence-corrected chi connectivity index (χ4v) is 5.20. The molecule has 21 heavy (non-hydrogen) atoms. The zero-order valence-corrected chi connectivity index (χ0v) is 15.6. The largest absolute Gasteiger partial charge is 0.313 e. The van der Waals surface area contributed by atoms with Gasteiger partial charge in [-0.3, -0.25) is 4.21 Å². The topological polar surface area (TPSA) is 29.1 Å². The summed E-state index contributed by atoms with van der Waals surface area (Å²) in [6.45, 7) is 7.79. The van der Waals surface area contributed by atoms with E-state index in [0.717, 1.165) is 35.2 Å². The molecule has 1 aliphatic rings. The smallest absolute Gasteiger partial charge is 0.0576 e. The van der Waals surface area contributed by atoms with Gasteiger partial charge >= 0.3 is 0 Å². The van der Waals surface area contributed by atoms with E-state index in [1.165, 1.54) is 6.42 Å². The third-order valence-electron chi connectivity index (χ3n) is 4.31. The Labute approximate surface area is 139 Å². The third-order valence-corrected chi connectivity index (χ3v) is 6.62. The molecule has 3 unspecified atom stereocenters. The van der Waals surface area contributed by atoms with E-state index in [9.17, 15) is 4.21 Å². The Morgan fingerprint density at radius 2 is 2.00 bits per heavy atom. The van der Waals surface area contributed by atoms with Crippen molar-refractivity contribution in [3.63, 3.8) is 0 Å². The Balaban J connectivity index is 2.17. The number of nitrogens with one attached hydrogen (secondary N) is 1. The van der Waals surface area contributed by atoms with Crippen molar-refractivity contribution in [3.8, 4) is 0 Å². The highest BCUT2D eigenvalue weighted by atomic mass is 79.9. The fraction of sp³-hybridized carbons (Fsp3) is 0.647. The van der Waals surface area contributed by atoms with Gasteiger partial charge in [-0.05, 0) is 61.9 Å². The molecule has 0 amide bonds. The van der Waals surface area contributed by atoms with Gasteiger partial charge in [-0.2, -0.15) is 0 Å². The highest BCUT2D eigenvalue weighted by Gasteiger charge is 2.38. The van der Waals surface area contributed by atoms with Crippen LogP contribution >= 0.6 is 15.9 Å². The minimum absolute atomic E-state index is 0.210. The summed E-state index contributed by atoms with van der Waals surface area (Å²) in [6.07, 6.45) is 4.48. The number of rotatable bonds is 5. The molecule has 1 N–H and O–H groups in total. The molecule has 0 aliphatic heterocycles. The molecule has 1 saturated carbocycles. The molecule has 0 bridgehead atoms. The minimum Gasteiger partial charge on any atom is -0.313 e. The van der Waals surface area contributed by atoms with Crippen LogP contribution in [0, 0.1) is 5.41 Å². The second-order valence-electron chi connectivity index (χ2n) is 6.76. The maximum absolute atomic E-state index is 13.0. The van der Waals surface area contributed by atoms with Crippen LogP contribution in [-0.4, -0.2) is 22.0 Å². The molecule has 1 fully saturated rings. The summed E-state index contributed by atoms with van der Waals surface area (Å²) >= 11 is 3.44. The Kier molecular flexibility index (Phi) is 6.04. The van der Waals surface area contributed by atoms with Crippen LogP contribution in [0.15, 0.2) is 33.6 Å². The predicted molar refractivity (Wildman–Crippen MR) is 94.1 cm³/mol. The lowest BCUT2D eigenvalue weighted by atomic mass is 9.75. The van der Waals surface area contributed by atoms with Crippen LogP contribution in [0.3, 0.4) is 0 Å². The van der Waals surface area contributed by atoms with E-state index >= 15 is 0 Å². The first-order chi connectivity index (χ1) is 9.93. The average Bonchev–Trinajstić information content (AvgIpc) is 2.45. The number of hydrogen-bond donors (Lipinski definition) is 1. The zero-order chi connectivity index (χ0) is 15.5. The van der Waals surface area contributed by atoms with Gasteiger partial charge in [0.05, 0.1) is 16.0 Å². The number of benzene rings is 1. The van der Waals surface area contributed by atoms with Crippen LogP contribution in [0.2, 0.25) is 0 Å². The lowest BCUT2D eigenvalue weighted by Gasteiger charge is -2.40. The van der Waals surface area contributed by atoms with Gasteiger partial charge < -0.3 is 5.32 Å². The Morgan fingerprint density at radius 3 is 2.62 bits per heavy atom. The summed E-state index contributed by atoms with van der Waals surface area (Å²) in [5.74, 6) is 0. The van der Waals surface area contributed by atoms with Crippen molar-refractivity contribution >= 4 is 26.7 Å². The van der Waals surface area contributed by atoms with E-state index in [0.29, 0.717) is 11.5 Å². The van der Waals surface area contributed by atoms with Crippen molar-refractivity contribution in [1.82, 2.24) is 5.32 Å². The third kappa shape index (κ3) is 4.64. The molecular weight excluding hydrogens is 346 g/mol. The molecule has 0 spiro atoms. The van der Waals surface area contributed by atoms with Crippen LogP contribution in [0.25, 0.3) is 0 Å². The van der Waals surface area contributed by atoms with Gasteiger partial charge in [0.2, 0.25) is 0 Å². The molecule has 0 radical (unpaired) electrons. The summed E-state index contributed by atoms with van der Waals surface area (Å²) in [6, 6.07) is 8.31. The summed E-state index contributed by atoms with van der Waals surface area (Å²) in [4.78, 5) is 0.948. The SMILES string of the molecule is CCCNC1CCC(C)(C)CC1S(=O)c1ccc(Br)cc1. The van der Waals surface area contributed by atoms with Crippen LogP contribution in [0.5, 0.6) is 0 Å². The number of hydrogen-bond acceptors (Lipinski definition) is 2. The molecule has 4 heteroatoms. The van der Waals surface area contributed by atoms with Crippen molar-refractivity contribution in [2.24, 2.45) is 5.41 Å². The first kappa shape index (κ1) is 17.2. The van der Waals surface area contributed by atoms with Gasteiger partial charge in [0.1, 0.15) is 0 Å². The molecule has 1 aromatic carbocycles. The summed E-state index contributed by atoms with van der Waals surface area (Å²) < 4.78 is 14.1. The monoisotopic (exact) mass is 371 g/mol. The normalized spacial score (nSPS) is 26.5. The van der Waals surface area contributed by atoms with Gasteiger partial charge in [-0.25, -0.2) is 0 Å². The molecule has 0 aromatic heterocycles. The first-order valence-electron chi connectivity index (χ1n) is 7.82. The Hall–Kier alpha value is -0.190. The van der Waals surface area contributed by atoms with E-state index in [1.54, 1.807) is 0 Å². The van der Waals surface area contributed by atoms with Crippen LogP contribution in [-0.2, 0) is 10.8 Å². The maximum atomic E-state index is 13.0. The van der Waals surface area contributed by atoms with E-state index in [-0.39, 0.29) is 5.25 Å². The van der Waals surface area contributed by atoms with Crippen molar-refractivity contribution in [3.05, 3.63) is 28.7 Å². The molecule has 2 rings (SSSR count). The van der Waals surface area contributed by atoms with E-state index in [2.05, 4.69) is 42.0 Å². The minimum atomic E-state index is -0.942. The van der Waals surface area contributed by atoms with Crippen LogP contribution < -0.4 is 5.32 Å². The summed E-state index contributed by atoms with van der Waals surface area (Å²) in [5.41, 5.74) is 0.292. The average molecular weight is 372 g/mol. The molecular formula is C17H26BrNOS. The second kappa shape index (κ2) is 7.38. The van der Waals surface area contributed by atoms with Gasteiger partial charge in [0.15, 0.2) is 0 Å². The quantitative estimate of drug-likeness (QED) is 0.824. The first-order valence-corrected chi connectivity index (χ1v) is 9.83. The van der Waals surface area contributed by atoms with E-state index < -0.39 is 10.8 Å². The number of halogens is 1. The van der Waals surface area contributed by atoms with Crippen LogP contribution in [0.1, 0.15) is 46.5 Å². The lowest BCUT2D eigenvalue weighted by Crippen LogP contribution is -2.48. The molecule has 0 saturated heterocycles. The van der Waals surface area contributed by atoms with Crippen molar-refractivity contribution in [2.75, 3.05) is 6.54 Å². The molecule has 1 aromatic rings. The summed E-state index contributed by atoms with van der Waals surface area (Å²) in [7, 11) is -0.942. The van der Waals surface area contributed by atoms with Crippen molar-refractivity contribution < 1.29 is 4.21 Å². The fourth-order valence-electron chi connectivity index (χ4n) is 3.05. The van der Waals surface area contributed by atoms with E-state index in [4.69, 9.17) is 0 Å². The van der Waals surface area contributed by atoms with Gasteiger partial charge in [-0.15, -0.1) is 0 Å². The molecule has 1 aliphatic carbocycles. The molecule has 0 heterocycles. The van der Waals surface area contributed by atoms with Gasteiger partial charge in [-0.1, -0.05) is 36.7 Å². The van der Waals surface area contributed by atoms with Crippen molar-refractivity contribution in [2.45, 2.75) is 62.6 Å². The molecule has 3 atom stereocenters. The van der Waals surface area contributed by atoms with Gasteiger partial charge in [0.25, 0.3) is 0 Å². The highest BCUT2D eigenvalue weighted by Crippen LogP contribution is 2.38. The standard InChI is InChI=1S/C17H26BrNOS/c1-4-11-19-15-9-10-17(2,3)12-16(15)21(20)14-7-5-13(18)6-8-14/h5-8,15-16,19H,4,9-12H2,1-3H3. The Morgan fingerprint density at radius 1 is 1.33 bits per heavy atom.